The molecule has 1 aromatic heterocycles. The maximum atomic E-state index is 6.09. The second-order valence-electron chi connectivity index (χ2n) is 6.31. The number of nitrogens with one attached hydrogen (secondary N) is 2. The first-order chi connectivity index (χ1) is 12.6. The van der Waals surface area contributed by atoms with E-state index in [9.17, 15) is 0 Å². The summed E-state index contributed by atoms with van der Waals surface area (Å²) >= 11 is 6.09. The zero-order valence-corrected chi connectivity index (χ0v) is 16.1. The number of ether oxygens (including phenoxy) is 1. The number of hydrogen-bond acceptors (Lipinski definition) is 4. The van der Waals surface area contributed by atoms with E-state index in [1.54, 1.807) is 14.2 Å². The van der Waals surface area contributed by atoms with Crippen LogP contribution in [-0.2, 0) is 11.3 Å². The highest BCUT2D eigenvalue weighted by Crippen LogP contribution is 2.23. The summed E-state index contributed by atoms with van der Waals surface area (Å²) in [4.78, 5) is 8.89. The second-order valence-corrected chi connectivity index (χ2v) is 6.75. The van der Waals surface area contributed by atoms with Gasteiger partial charge in [0, 0.05) is 32.3 Å². The Morgan fingerprint density at radius 1 is 1.50 bits per heavy atom. The standard InChI is InChI=1S/C18H25ClN6O/c1-12-22-17-15(8-5-9-25(17)24-12)23-18(20-2)21-11-16(26-3)13-6-4-7-14(19)10-13/h4,6-7,10,15-16H,5,8-9,11H2,1-3H3,(H2,20,21,23). The van der Waals surface area contributed by atoms with Crippen LogP contribution < -0.4 is 10.6 Å². The van der Waals surface area contributed by atoms with Gasteiger partial charge in [-0.25, -0.2) is 9.67 Å². The van der Waals surface area contributed by atoms with Gasteiger partial charge in [0.05, 0.1) is 12.1 Å². The third-order valence-electron chi connectivity index (χ3n) is 4.48. The molecule has 2 heterocycles. The first-order valence-corrected chi connectivity index (χ1v) is 9.15. The Morgan fingerprint density at radius 2 is 2.35 bits per heavy atom. The highest BCUT2D eigenvalue weighted by Gasteiger charge is 2.24. The number of guanidine groups is 1. The fourth-order valence-electron chi connectivity index (χ4n) is 3.20. The van der Waals surface area contributed by atoms with Crippen molar-refractivity contribution in [3.8, 4) is 0 Å². The number of aromatic nitrogens is 3. The number of benzene rings is 1. The van der Waals surface area contributed by atoms with Crippen LogP contribution in [0.3, 0.4) is 0 Å². The van der Waals surface area contributed by atoms with Crippen LogP contribution in [0, 0.1) is 6.92 Å². The largest absolute Gasteiger partial charge is 0.375 e. The van der Waals surface area contributed by atoms with Crippen molar-refractivity contribution in [2.75, 3.05) is 20.7 Å². The lowest BCUT2D eigenvalue weighted by Crippen LogP contribution is -2.43. The van der Waals surface area contributed by atoms with E-state index in [1.165, 1.54) is 0 Å². The Labute approximate surface area is 158 Å². The molecule has 1 aromatic carbocycles. The number of methoxy groups -OCH3 is 1. The molecule has 0 fully saturated rings. The molecular weight excluding hydrogens is 352 g/mol. The minimum Gasteiger partial charge on any atom is -0.375 e. The lowest BCUT2D eigenvalue weighted by Gasteiger charge is -2.26. The van der Waals surface area contributed by atoms with Crippen LogP contribution in [0.25, 0.3) is 0 Å². The summed E-state index contributed by atoms with van der Waals surface area (Å²) in [5.41, 5.74) is 1.02. The van der Waals surface area contributed by atoms with Crippen molar-refractivity contribution in [1.29, 1.82) is 0 Å². The molecule has 2 atom stereocenters. The Morgan fingerprint density at radius 3 is 3.08 bits per heavy atom. The van der Waals surface area contributed by atoms with Crippen LogP contribution in [0.5, 0.6) is 0 Å². The number of rotatable bonds is 5. The van der Waals surface area contributed by atoms with Crippen LogP contribution in [0.2, 0.25) is 5.02 Å². The molecule has 0 saturated carbocycles. The van der Waals surface area contributed by atoms with Crippen LogP contribution >= 0.6 is 11.6 Å². The van der Waals surface area contributed by atoms with Gasteiger partial charge in [-0.1, -0.05) is 23.7 Å². The Hall–Kier alpha value is -2.12. The Kier molecular flexibility index (Phi) is 6.11. The van der Waals surface area contributed by atoms with Crippen molar-refractivity contribution in [1.82, 2.24) is 25.4 Å². The number of fused-ring (bicyclic) bond motifs is 1. The fourth-order valence-corrected chi connectivity index (χ4v) is 3.40. The average Bonchev–Trinajstić information content (AvgIpc) is 3.02. The molecule has 26 heavy (non-hydrogen) atoms. The molecule has 0 spiro atoms. The monoisotopic (exact) mass is 376 g/mol. The normalized spacial score (nSPS) is 18.3. The zero-order valence-electron chi connectivity index (χ0n) is 15.4. The zero-order chi connectivity index (χ0) is 18.5. The van der Waals surface area contributed by atoms with Gasteiger partial charge in [0.1, 0.15) is 11.6 Å². The van der Waals surface area contributed by atoms with Gasteiger partial charge in [-0.05, 0) is 37.5 Å². The molecule has 140 valence electrons. The molecule has 0 saturated heterocycles. The highest BCUT2D eigenvalue weighted by atomic mass is 35.5. The van der Waals surface area contributed by atoms with Crippen molar-refractivity contribution in [2.24, 2.45) is 4.99 Å². The van der Waals surface area contributed by atoms with Crippen LogP contribution in [0.4, 0.5) is 0 Å². The van der Waals surface area contributed by atoms with Crippen molar-refractivity contribution in [3.63, 3.8) is 0 Å². The SMILES string of the molecule is CN=C(NCC(OC)c1cccc(Cl)c1)NC1CCCn2nc(C)nc21. The van der Waals surface area contributed by atoms with E-state index in [2.05, 4.69) is 25.7 Å². The molecule has 3 rings (SSSR count). The molecule has 2 unspecified atom stereocenters. The molecule has 2 aromatic rings. The summed E-state index contributed by atoms with van der Waals surface area (Å²) in [6.45, 7) is 3.42. The van der Waals surface area contributed by atoms with Gasteiger partial charge in [0.25, 0.3) is 0 Å². The third kappa shape index (κ3) is 4.34. The van der Waals surface area contributed by atoms with Gasteiger partial charge in [-0.15, -0.1) is 0 Å². The van der Waals surface area contributed by atoms with Crippen LogP contribution in [0.1, 0.15) is 42.2 Å². The van der Waals surface area contributed by atoms with E-state index in [4.69, 9.17) is 16.3 Å². The molecule has 0 aliphatic carbocycles. The van der Waals surface area contributed by atoms with Gasteiger partial charge in [0.15, 0.2) is 5.96 Å². The predicted octanol–water partition coefficient (Wildman–Crippen LogP) is 2.63. The summed E-state index contributed by atoms with van der Waals surface area (Å²) in [6, 6.07) is 7.80. The molecule has 0 bridgehead atoms. The summed E-state index contributed by atoms with van der Waals surface area (Å²) in [7, 11) is 3.45. The van der Waals surface area contributed by atoms with Gasteiger partial charge in [-0.2, -0.15) is 5.10 Å². The van der Waals surface area contributed by atoms with Crippen molar-refractivity contribution < 1.29 is 4.74 Å². The summed E-state index contributed by atoms with van der Waals surface area (Å²) < 4.78 is 7.59. The minimum atomic E-state index is -0.121. The van der Waals surface area contributed by atoms with E-state index in [0.717, 1.165) is 36.6 Å². The quantitative estimate of drug-likeness (QED) is 0.619. The Bertz CT molecular complexity index is 775. The van der Waals surface area contributed by atoms with Gasteiger partial charge < -0.3 is 15.4 Å². The predicted molar refractivity (Wildman–Crippen MR) is 102 cm³/mol. The van der Waals surface area contributed by atoms with Gasteiger partial charge in [0.2, 0.25) is 0 Å². The molecule has 2 N–H and O–H groups in total. The van der Waals surface area contributed by atoms with Gasteiger partial charge >= 0.3 is 0 Å². The molecule has 7 nitrogen and oxygen atoms in total. The van der Waals surface area contributed by atoms with Gasteiger partial charge in [-0.3, -0.25) is 4.99 Å². The first-order valence-electron chi connectivity index (χ1n) is 8.77. The lowest BCUT2D eigenvalue weighted by molar-refractivity contribution is 0.106. The molecule has 0 amide bonds. The Balaban J connectivity index is 1.63. The third-order valence-corrected chi connectivity index (χ3v) is 4.71. The maximum Gasteiger partial charge on any atom is 0.191 e. The minimum absolute atomic E-state index is 0.100. The first kappa shape index (κ1) is 18.7. The molecule has 8 heteroatoms. The smallest absolute Gasteiger partial charge is 0.191 e. The second kappa shape index (κ2) is 8.51. The fraction of sp³-hybridized carbons (Fsp3) is 0.500. The average molecular weight is 377 g/mol. The number of halogens is 1. The molecule has 1 aliphatic rings. The maximum absolute atomic E-state index is 6.09. The lowest BCUT2D eigenvalue weighted by atomic mass is 10.1. The van der Waals surface area contributed by atoms with Crippen LogP contribution in [0.15, 0.2) is 29.3 Å². The molecule has 0 radical (unpaired) electrons. The molecule has 1 aliphatic heterocycles. The van der Waals surface area contributed by atoms with E-state index in [0.29, 0.717) is 17.5 Å². The van der Waals surface area contributed by atoms with Crippen molar-refractivity contribution in [3.05, 3.63) is 46.5 Å². The summed E-state index contributed by atoms with van der Waals surface area (Å²) in [5, 5.41) is 11.9. The highest BCUT2D eigenvalue weighted by molar-refractivity contribution is 6.30. The van der Waals surface area contributed by atoms with E-state index in [-0.39, 0.29) is 12.1 Å². The topological polar surface area (TPSA) is 76.4 Å². The number of hydrogen-bond donors (Lipinski definition) is 2. The van der Waals surface area contributed by atoms with E-state index >= 15 is 0 Å². The van der Waals surface area contributed by atoms with E-state index in [1.807, 2.05) is 35.9 Å². The number of aliphatic imine (C=N–C) groups is 1. The summed E-state index contributed by atoms with van der Waals surface area (Å²) in [5.74, 6) is 2.49. The van der Waals surface area contributed by atoms with Crippen molar-refractivity contribution >= 4 is 17.6 Å². The van der Waals surface area contributed by atoms with Crippen molar-refractivity contribution in [2.45, 2.75) is 38.5 Å². The van der Waals surface area contributed by atoms with E-state index < -0.39 is 0 Å². The summed E-state index contributed by atoms with van der Waals surface area (Å²) in [6.07, 6.45) is 1.94. The number of aryl methyl sites for hydroxylation is 2. The molecular formula is C18H25ClN6O. The van der Waals surface area contributed by atoms with Crippen LogP contribution in [-0.4, -0.2) is 41.4 Å². The number of nitrogens with zero attached hydrogens (tertiary/aromatic N) is 4.